The van der Waals surface area contributed by atoms with Crippen molar-refractivity contribution in [2.45, 2.75) is 6.42 Å². The molecule has 24 heavy (non-hydrogen) atoms. The Balaban J connectivity index is 1.59. The third kappa shape index (κ3) is 5.96. The van der Waals surface area contributed by atoms with Crippen LogP contribution in [0.15, 0.2) is 54.6 Å². The first-order valence-electron chi connectivity index (χ1n) is 7.47. The average Bonchev–Trinajstić information content (AvgIpc) is 2.61. The van der Waals surface area contributed by atoms with E-state index in [4.69, 9.17) is 9.47 Å². The molecule has 0 aliphatic carbocycles. The maximum atomic E-state index is 11.6. The number of nitro groups is 1. The monoisotopic (exact) mass is 330 g/mol. The van der Waals surface area contributed by atoms with Crippen LogP contribution in [-0.2, 0) is 4.79 Å². The zero-order valence-electron chi connectivity index (χ0n) is 13.0. The quantitative estimate of drug-likeness (QED) is 0.433. The van der Waals surface area contributed by atoms with Gasteiger partial charge in [-0.05, 0) is 30.7 Å². The van der Waals surface area contributed by atoms with Crippen LogP contribution in [0.5, 0.6) is 11.5 Å². The van der Waals surface area contributed by atoms with E-state index in [1.54, 1.807) is 0 Å². The molecule has 0 aliphatic heterocycles. The predicted octanol–water partition coefficient (Wildman–Crippen LogP) is 2.56. The Morgan fingerprint density at radius 2 is 1.67 bits per heavy atom. The zero-order chi connectivity index (χ0) is 17.2. The smallest absolute Gasteiger partial charge is 0.269 e. The highest BCUT2D eigenvalue weighted by molar-refractivity contribution is 5.77. The lowest BCUT2D eigenvalue weighted by Gasteiger charge is -2.08. The number of non-ortho nitro benzene ring substituents is 1. The van der Waals surface area contributed by atoms with E-state index in [1.165, 1.54) is 24.3 Å². The first-order chi connectivity index (χ1) is 11.6. The van der Waals surface area contributed by atoms with Crippen LogP contribution in [0.25, 0.3) is 0 Å². The van der Waals surface area contributed by atoms with Crippen LogP contribution < -0.4 is 14.8 Å². The van der Waals surface area contributed by atoms with Gasteiger partial charge in [-0.2, -0.15) is 0 Å². The van der Waals surface area contributed by atoms with Gasteiger partial charge in [0.1, 0.15) is 11.5 Å². The minimum Gasteiger partial charge on any atom is -0.494 e. The minimum atomic E-state index is -0.492. The fourth-order valence-electron chi connectivity index (χ4n) is 1.87. The number of benzene rings is 2. The summed E-state index contributed by atoms with van der Waals surface area (Å²) in [4.78, 5) is 21.7. The summed E-state index contributed by atoms with van der Waals surface area (Å²) in [6.07, 6.45) is 0.679. The number of rotatable bonds is 9. The first-order valence-corrected chi connectivity index (χ1v) is 7.47. The van der Waals surface area contributed by atoms with Crippen molar-refractivity contribution in [3.8, 4) is 11.5 Å². The number of carbonyl (C=O) groups excluding carboxylic acids is 1. The predicted molar refractivity (Wildman–Crippen MR) is 88.2 cm³/mol. The van der Waals surface area contributed by atoms with Crippen molar-refractivity contribution in [2.75, 3.05) is 19.8 Å². The molecule has 1 amide bonds. The van der Waals surface area contributed by atoms with Crippen LogP contribution in [-0.4, -0.2) is 30.6 Å². The molecule has 2 aromatic rings. The van der Waals surface area contributed by atoms with E-state index in [0.29, 0.717) is 25.3 Å². The molecule has 7 nitrogen and oxygen atoms in total. The number of hydrogen-bond donors (Lipinski definition) is 1. The molecule has 0 radical (unpaired) electrons. The van der Waals surface area contributed by atoms with Gasteiger partial charge in [-0.15, -0.1) is 0 Å². The van der Waals surface area contributed by atoms with Gasteiger partial charge in [-0.3, -0.25) is 14.9 Å². The minimum absolute atomic E-state index is 0.0229. The largest absolute Gasteiger partial charge is 0.494 e. The Morgan fingerprint density at radius 1 is 1.00 bits per heavy atom. The number of nitrogens with zero attached hydrogens (tertiary/aromatic N) is 1. The van der Waals surface area contributed by atoms with Crippen LogP contribution in [0.4, 0.5) is 5.69 Å². The van der Waals surface area contributed by atoms with Crippen LogP contribution >= 0.6 is 0 Å². The maximum absolute atomic E-state index is 11.6. The molecule has 0 heterocycles. The third-order valence-electron chi connectivity index (χ3n) is 3.07. The molecule has 7 heteroatoms. The molecule has 0 fully saturated rings. The van der Waals surface area contributed by atoms with Gasteiger partial charge in [0.05, 0.1) is 11.5 Å². The van der Waals surface area contributed by atoms with Crippen molar-refractivity contribution < 1.29 is 19.2 Å². The van der Waals surface area contributed by atoms with E-state index < -0.39 is 4.92 Å². The van der Waals surface area contributed by atoms with E-state index in [1.807, 2.05) is 30.3 Å². The maximum Gasteiger partial charge on any atom is 0.269 e. The van der Waals surface area contributed by atoms with Gasteiger partial charge in [0.15, 0.2) is 6.61 Å². The number of para-hydroxylation sites is 1. The normalized spacial score (nSPS) is 10.0. The molecular weight excluding hydrogens is 312 g/mol. The van der Waals surface area contributed by atoms with Crippen molar-refractivity contribution in [1.29, 1.82) is 0 Å². The summed E-state index contributed by atoms with van der Waals surface area (Å²) in [6, 6.07) is 15.0. The fourth-order valence-corrected chi connectivity index (χ4v) is 1.87. The lowest BCUT2D eigenvalue weighted by atomic mass is 10.3. The van der Waals surface area contributed by atoms with Gasteiger partial charge >= 0.3 is 0 Å². The van der Waals surface area contributed by atoms with E-state index in [2.05, 4.69) is 5.32 Å². The highest BCUT2D eigenvalue weighted by Crippen LogP contribution is 2.17. The van der Waals surface area contributed by atoms with E-state index in [-0.39, 0.29) is 18.2 Å². The van der Waals surface area contributed by atoms with Crippen molar-refractivity contribution in [1.82, 2.24) is 5.32 Å². The second kappa shape index (κ2) is 9.14. The van der Waals surface area contributed by atoms with Gasteiger partial charge in [0.25, 0.3) is 11.6 Å². The topological polar surface area (TPSA) is 90.7 Å². The fraction of sp³-hybridized carbons (Fsp3) is 0.235. The first kappa shape index (κ1) is 17.3. The Hall–Kier alpha value is -3.09. The van der Waals surface area contributed by atoms with Crippen LogP contribution in [0.1, 0.15) is 6.42 Å². The van der Waals surface area contributed by atoms with Gasteiger partial charge in [-0.1, -0.05) is 18.2 Å². The Bertz CT molecular complexity index is 658. The summed E-state index contributed by atoms with van der Waals surface area (Å²) in [6.45, 7) is 0.847. The van der Waals surface area contributed by atoms with Gasteiger partial charge in [0.2, 0.25) is 0 Å². The molecule has 0 aliphatic rings. The second-order valence-electron chi connectivity index (χ2n) is 4.90. The number of hydrogen-bond acceptors (Lipinski definition) is 5. The summed E-state index contributed by atoms with van der Waals surface area (Å²) in [5.41, 5.74) is -0.0229. The average molecular weight is 330 g/mol. The Kier molecular flexibility index (Phi) is 6.58. The Morgan fingerprint density at radius 3 is 2.33 bits per heavy atom. The third-order valence-corrected chi connectivity index (χ3v) is 3.07. The Labute approximate surface area is 139 Å². The molecule has 0 spiro atoms. The van der Waals surface area contributed by atoms with Crippen molar-refractivity contribution in [2.24, 2.45) is 0 Å². The molecule has 0 bridgehead atoms. The molecule has 0 unspecified atom stereocenters. The summed E-state index contributed by atoms with van der Waals surface area (Å²) in [5.74, 6) is 0.946. The number of amides is 1. The highest BCUT2D eigenvalue weighted by Gasteiger charge is 2.06. The van der Waals surface area contributed by atoms with Gasteiger partial charge in [-0.25, -0.2) is 0 Å². The number of nitrogens with one attached hydrogen (secondary N) is 1. The standard InChI is InChI=1S/C17H18N2O5/c20-17(13-24-16-9-7-14(8-10-16)19(21)22)18-11-4-12-23-15-5-2-1-3-6-15/h1-3,5-10H,4,11-13H2,(H,18,20). The molecule has 1 N–H and O–H groups in total. The number of carbonyl (C=O) groups is 1. The SMILES string of the molecule is O=C(COc1ccc([N+](=O)[O-])cc1)NCCCOc1ccccc1. The molecule has 0 saturated heterocycles. The molecule has 0 atom stereocenters. The van der Waals surface area contributed by atoms with E-state index >= 15 is 0 Å². The molecule has 0 saturated carbocycles. The summed E-state index contributed by atoms with van der Waals surface area (Å²) < 4.78 is 10.8. The molecule has 0 aromatic heterocycles. The van der Waals surface area contributed by atoms with E-state index in [0.717, 1.165) is 5.75 Å². The second-order valence-corrected chi connectivity index (χ2v) is 4.90. The number of nitro benzene ring substituents is 1. The van der Waals surface area contributed by atoms with Gasteiger partial charge in [0, 0.05) is 18.7 Å². The van der Waals surface area contributed by atoms with Gasteiger partial charge < -0.3 is 14.8 Å². The summed E-state index contributed by atoms with van der Waals surface area (Å²) in [7, 11) is 0. The van der Waals surface area contributed by atoms with E-state index in [9.17, 15) is 14.9 Å². The van der Waals surface area contributed by atoms with Crippen molar-refractivity contribution in [3.05, 3.63) is 64.7 Å². The van der Waals surface area contributed by atoms with Crippen molar-refractivity contribution in [3.63, 3.8) is 0 Å². The lowest BCUT2D eigenvalue weighted by molar-refractivity contribution is -0.384. The number of ether oxygens (including phenoxy) is 2. The lowest BCUT2D eigenvalue weighted by Crippen LogP contribution is -2.30. The summed E-state index contributed by atoms with van der Waals surface area (Å²) >= 11 is 0. The van der Waals surface area contributed by atoms with Crippen molar-refractivity contribution >= 4 is 11.6 Å². The van der Waals surface area contributed by atoms with Crippen LogP contribution in [0, 0.1) is 10.1 Å². The van der Waals surface area contributed by atoms with Crippen LogP contribution in [0.3, 0.4) is 0 Å². The highest BCUT2D eigenvalue weighted by atomic mass is 16.6. The molecule has 2 aromatic carbocycles. The zero-order valence-corrected chi connectivity index (χ0v) is 13.0. The molecule has 126 valence electrons. The molecular formula is C17H18N2O5. The molecule has 2 rings (SSSR count). The summed E-state index contributed by atoms with van der Waals surface area (Å²) in [5, 5.41) is 13.2. The van der Waals surface area contributed by atoms with Crippen LogP contribution in [0.2, 0.25) is 0 Å².